The number of hydrogen-bond donors (Lipinski definition) is 0. The predicted octanol–water partition coefficient (Wildman–Crippen LogP) is 0.479. The summed E-state index contributed by atoms with van der Waals surface area (Å²) >= 11 is 3.55. The molecule has 6 heteroatoms. The van der Waals surface area contributed by atoms with Crippen molar-refractivity contribution in [1.82, 2.24) is 9.80 Å². The number of hydrogen-bond acceptors (Lipinski definition) is 3. The Morgan fingerprint density at radius 3 is 2.50 bits per heavy atom. The van der Waals surface area contributed by atoms with Crippen LogP contribution in [-0.4, -0.2) is 66.8 Å². The van der Waals surface area contributed by atoms with Crippen LogP contribution in [0.2, 0.25) is 0 Å². The van der Waals surface area contributed by atoms with Crippen molar-refractivity contribution < 1.29 is 14.3 Å². The lowest BCUT2D eigenvalue weighted by Gasteiger charge is -2.41. The van der Waals surface area contributed by atoms with E-state index in [2.05, 4.69) is 15.9 Å². The summed E-state index contributed by atoms with van der Waals surface area (Å²) in [6.45, 7) is 3.39. The molecule has 0 aromatic carbocycles. The van der Waals surface area contributed by atoms with Gasteiger partial charge in [-0.25, -0.2) is 0 Å². The smallest absolute Gasteiger partial charge is 0.312 e. The van der Waals surface area contributed by atoms with Gasteiger partial charge in [-0.05, 0) is 12.8 Å². The molecule has 2 aliphatic heterocycles. The molecule has 0 aromatic heterocycles. The highest BCUT2D eigenvalue weighted by Gasteiger charge is 2.38. The minimum atomic E-state index is -0.391. The van der Waals surface area contributed by atoms with Crippen molar-refractivity contribution in [3.8, 4) is 0 Å². The normalized spacial score (nSPS) is 24.6. The molecule has 0 bridgehead atoms. The van der Waals surface area contributed by atoms with Crippen molar-refractivity contribution in [2.75, 3.05) is 45.2 Å². The summed E-state index contributed by atoms with van der Waals surface area (Å²) in [6, 6.07) is 0. The van der Waals surface area contributed by atoms with Crippen LogP contribution < -0.4 is 0 Å². The summed E-state index contributed by atoms with van der Waals surface area (Å²) in [4.78, 5) is 26.8. The van der Waals surface area contributed by atoms with Crippen molar-refractivity contribution in [2.45, 2.75) is 12.8 Å². The number of ether oxygens (including phenoxy) is 1. The molecule has 2 rings (SSSR count). The Balaban J connectivity index is 2.03. The van der Waals surface area contributed by atoms with Gasteiger partial charge < -0.3 is 14.5 Å². The first-order valence-corrected chi connectivity index (χ1v) is 7.38. The minimum absolute atomic E-state index is 0.0596. The number of alkyl halides is 1. The van der Waals surface area contributed by atoms with E-state index in [1.165, 1.54) is 4.90 Å². The molecule has 2 amide bonds. The highest BCUT2D eigenvalue weighted by Crippen LogP contribution is 2.33. The number of carbonyl (C=O) groups is 2. The van der Waals surface area contributed by atoms with Crippen LogP contribution in [0.5, 0.6) is 0 Å². The molecule has 2 heterocycles. The third kappa shape index (κ3) is 2.69. The molecule has 0 aromatic rings. The van der Waals surface area contributed by atoms with Gasteiger partial charge in [0.05, 0.1) is 0 Å². The summed E-state index contributed by atoms with van der Waals surface area (Å²) in [5.74, 6) is -0.756. The van der Waals surface area contributed by atoms with Crippen molar-refractivity contribution >= 4 is 27.7 Å². The average molecular weight is 319 g/mol. The molecule has 0 saturated carbocycles. The van der Waals surface area contributed by atoms with Crippen LogP contribution in [0.4, 0.5) is 0 Å². The predicted molar refractivity (Wildman–Crippen MR) is 70.5 cm³/mol. The fourth-order valence-corrected chi connectivity index (χ4v) is 3.20. The molecule has 0 N–H and O–H groups in total. The summed E-state index contributed by atoms with van der Waals surface area (Å²) in [5.41, 5.74) is 0.0596. The van der Waals surface area contributed by atoms with Crippen LogP contribution in [0.1, 0.15) is 12.8 Å². The maximum absolute atomic E-state index is 12.0. The molecular formula is C12H19BrN2O3. The number of likely N-dealkylation sites (N-methyl/N-ethyl adjacent to an activating group) is 1. The van der Waals surface area contributed by atoms with Crippen LogP contribution in [0.3, 0.4) is 0 Å². The van der Waals surface area contributed by atoms with Gasteiger partial charge in [0.25, 0.3) is 0 Å². The Hall–Kier alpha value is -0.620. The topological polar surface area (TPSA) is 49.9 Å². The van der Waals surface area contributed by atoms with E-state index in [9.17, 15) is 9.59 Å². The van der Waals surface area contributed by atoms with Gasteiger partial charge in [0.15, 0.2) is 0 Å². The van der Waals surface area contributed by atoms with Crippen molar-refractivity contribution in [1.29, 1.82) is 0 Å². The van der Waals surface area contributed by atoms with Crippen LogP contribution in [0.15, 0.2) is 0 Å². The molecule has 102 valence electrons. The quantitative estimate of drug-likeness (QED) is 0.562. The van der Waals surface area contributed by atoms with Gasteiger partial charge in [0, 0.05) is 50.6 Å². The summed E-state index contributed by atoms with van der Waals surface area (Å²) in [6.07, 6.45) is 1.87. The fraction of sp³-hybridized carbons (Fsp3) is 0.833. The van der Waals surface area contributed by atoms with Crippen LogP contribution >= 0.6 is 15.9 Å². The molecule has 2 aliphatic rings. The summed E-state index contributed by atoms with van der Waals surface area (Å²) in [5, 5.41) is 0.844. The van der Waals surface area contributed by atoms with E-state index in [1.807, 2.05) is 0 Å². The van der Waals surface area contributed by atoms with E-state index in [0.29, 0.717) is 19.6 Å². The van der Waals surface area contributed by atoms with Crippen molar-refractivity contribution in [2.24, 2.45) is 5.41 Å². The van der Waals surface area contributed by atoms with E-state index >= 15 is 0 Å². The molecular weight excluding hydrogens is 300 g/mol. The first-order chi connectivity index (χ1) is 8.58. The number of piperazine rings is 1. The van der Waals surface area contributed by atoms with E-state index in [1.54, 1.807) is 11.9 Å². The zero-order valence-electron chi connectivity index (χ0n) is 10.7. The molecule has 2 fully saturated rings. The first-order valence-electron chi connectivity index (χ1n) is 6.26. The Bertz CT molecular complexity index is 342. The van der Waals surface area contributed by atoms with Gasteiger partial charge in [0.2, 0.25) is 0 Å². The second kappa shape index (κ2) is 5.57. The van der Waals surface area contributed by atoms with E-state index in [4.69, 9.17) is 4.74 Å². The monoisotopic (exact) mass is 318 g/mol. The third-order valence-electron chi connectivity index (χ3n) is 3.89. The molecule has 0 unspecified atom stereocenters. The second-order valence-electron chi connectivity index (χ2n) is 5.20. The van der Waals surface area contributed by atoms with Crippen molar-refractivity contribution in [3.05, 3.63) is 0 Å². The average Bonchev–Trinajstić information content (AvgIpc) is 2.41. The zero-order chi connectivity index (χ0) is 13.2. The Labute approximate surface area is 116 Å². The molecule has 18 heavy (non-hydrogen) atoms. The highest BCUT2D eigenvalue weighted by atomic mass is 79.9. The van der Waals surface area contributed by atoms with Crippen LogP contribution in [0, 0.1) is 5.41 Å². The Kier molecular flexibility index (Phi) is 4.27. The molecule has 0 radical (unpaired) electrons. The van der Waals surface area contributed by atoms with Gasteiger partial charge in [-0.2, -0.15) is 0 Å². The summed E-state index contributed by atoms with van der Waals surface area (Å²) in [7, 11) is 1.67. The molecule has 0 aliphatic carbocycles. The van der Waals surface area contributed by atoms with Crippen molar-refractivity contribution in [3.63, 3.8) is 0 Å². The standard InChI is InChI=1S/C12H19BrN2O3/c1-14-4-5-15(11(17)10(14)16)9-12(8-13)2-6-18-7-3-12/h2-9H2,1H3. The van der Waals surface area contributed by atoms with Gasteiger partial charge >= 0.3 is 11.8 Å². The fourth-order valence-electron chi connectivity index (χ4n) is 2.47. The molecule has 2 saturated heterocycles. The lowest BCUT2D eigenvalue weighted by molar-refractivity contribution is -0.156. The Morgan fingerprint density at radius 2 is 1.89 bits per heavy atom. The zero-order valence-corrected chi connectivity index (χ0v) is 12.2. The third-order valence-corrected chi connectivity index (χ3v) is 5.07. The Morgan fingerprint density at radius 1 is 1.22 bits per heavy atom. The molecule has 0 spiro atoms. The van der Waals surface area contributed by atoms with E-state index in [0.717, 1.165) is 31.4 Å². The largest absolute Gasteiger partial charge is 0.381 e. The van der Waals surface area contributed by atoms with Gasteiger partial charge in [-0.15, -0.1) is 0 Å². The number of amides is 2. The maximum atomic E-state index is 12.0. The lowest BCUT2D eigenvalue weighted by Crippen LogP contribution is -2.56. The van der Waals surface area contributed by atoms with Crippen LogP contribution in [0.25, 0.3) is 0 Å². The molecule has 5 nitrogen and oxygen atoms in total. The SMILES string of the molecule is CN1CCN(CC2(CBr)CCOCC2)C(=O)C1=O. The number of halogens is 1. The number of rotatable bonds is 3. The first kappa shape index (κ1) is 13.8. The number of nitrogens with zero attached hydrogens (tertiary/aromatic N) is 2. The van der Waals surface area contributed by atoms with Gasteiger partial charge in [-0.3, -0.25) is 9.59 Å². The summed E-state index contributed by atoms with van der Waals surface area (Å²) < 4.78 is 5.38. The lowest BCUT2D eigenvalue weighted by atomic mass is 9.81. The van der Waals surface area contributed by atoms with Gasteiger partial charge in [-0.1, -0.05) is 15.9 Å². The maximum Gasteiger partial charge on any atom is 0.312 e. The molecule has 0 atom stereocenters. The van der Waals surface area contributed by atoms with Crippen LogP contribution in [-0.2, 0) is 14.3 Å². The second-order valence-corrected chi connectivity index (χ2v) is 5.76. The minimum Gasteiger partial charge on any atom is -0.381 e. The highest BCUT2D eigenvalue weighted by molar-refractivity contribution is 9.09. The number of carbonyl (C=O) groups excluding carboxylic acids is 2. The van der Waals surface area contributed by atoms with E-state index in [-0.39, 0.29) is 11.3 Å². The van der Waals surface area contributed by atoms with E-state index < -0.39 is 5.91 Å². The van der Waals surface area contributed by atoms with Gasteiger partial charge in [0.1, 0.15) is 0 Å².